The number of hydrogen-bond donors (Lipinski definition) is 2. The minimum Gasteiger partial charge on any atom is -0.381 e. The fourth-order valence-corrected chi connectivity index (χ4v) is 4.62. The number of aliphatic hydroxyl groups is 1. The molecule has 5 aromatic rings. The van der Waals surface area contributed by atoms with E-state index in [1.165, 1.54) is 5.56 Å². The third kappa shape index (κ3) is 4.55. The topological polar surface area (TPSA) is 74.3 Å². The lowest BCUT2D eigenvalue weighted by molar-refractivity contribution is -0.0261. The molecule has 0 spiro atoms. The van der Waals surface area contributed by atoms with Crippen molar-refractivity contribution in [3.8, 4) is 11.8 Å². The lowest BCUT2D eigenvalue weighted by Crippen LogP contribution is -2.34. The van der Waals surface area contributed by atoms with Gasteiger partial charge in [-0.1, -0.05) is 42.2 Å². The molecule has 6 rings (SSSR count). The van der Waals surface area contributed by atoms with Crippen molar-refractivity contribution in [2.75, 3.05) is 18.1 Å². The summed E-state index contributed by atoms with van der Waals surface area (Å²) in [5.41, 5.74) is 3.97. The summed E-state index contributed by atoms with van der Waals surface area (Å²) in [7, 11) is 0. The first-order valence-corrected chi connectivity index (χ1v) is 12.1. The maximum Gasteiger partial charge on any atom is 0.144 e. The van der Waals surface area contributed by atoms with E-state index in [2.05, 4.69) is 75.2 Å². The largest absolute Gasteiger partial charge is 0.381 e. The van der Waals surface area contributed by atoms with Gasteiger partial charge in [0.1, 0.15) is 17.7 Å². The highest BCUT2D eigenvalue weighted by molar-refractivity contribution is 5.93. The predicted molar refractivity (Wildman–Crippen MR) is 142 cm³/mol. The molecule has 1 aliphatic heterocycles. The maximum atomic E-state index is 10.8. The molecule has 6 heteroatoms. The molecule has 0 saturated carbocycles. The Hall–Kier alpha value is -4.18. The van der Waals surface area contributed by atoms with E-state index in [1.54, 1.807) is 6.33 Å². The van der Waals surface area contributed by atoms with Crippen molar-refractivity contribution in [3.05, 3.63) is 96.4 Å². The van der Waals surface area contributed by atoms with Crippen molar-refractivity contribution in [2.24, 2.45) is 0 Å². The fourth-order valence-electron chi connectivity index (χ4n) is 4.62. The Bertz CT molecular complexity index is 1580. The Morgan fingerprint density at radius 2 is 1.83 bits per heavy atom. The molecule has 0 amide bonds. The van der Waals surface area contributed by atoms with Crippen molar-refractivity contribution in [1.29, 1.82) is 0 Å². The van der Waals surface area contributed by atoms with Crippen LogP contribution in [0.15, 0.2) is 85.3 Å². The van der Waals surface area contributed by atoms with Gasteiger partial charge in [-0.2, -0.15) is 0 Å². The Balaban J connectivity index is 1.45. The standard InChI is InChI=1S/C30H26N4O2/c35-30(13-16-36-17-14-30)12-10-22-6-8-28-26(18-22)29(33-21-32-28)34(20-23-4-2-1-3-5-23)25-7-9-27-24(19-25)11-15-31-27/h1-9,11,15,18-19,21,31,35H,13-14,16-17,20H2. The first-order chi connectivity index (χ1) is 17.7. The Labute approximate surface area is 209 Å². The maximum absolute atomic E-state index is 10.8. The van der Waals surface area contributed by atoms with Gasteiger partial charge in [0.25, 0.3) is 0 Å². The highest BCUT2D eigenvalue weighted by Crippen LogP contribution is 2.33. The summed E-state index contributed by atoms with van der Waals surface area (Å²) in [6.45, 7) is 1.71. The number of benzene rings is 3. The van der Waals surface area contributed by atoms with Gasteiger partial charge >= 0.3 is 0 Å². The highest BCUT2D eigenvalue weighted by Gasteiger charge is 2.27. The van der Waals surface area contributed by atoms with E-state index in [0.717, 1.165) is 38.9 Å². The molecule has 6 nitrogen and oxygen atoms in total. The molecule has 1 saturated heterocycles. The van der Waals surface area contributed by atoms with E-state index in [4.69, 9.17) is 9.72 Å². The molecule has 3 heterocycles. The molecule has 2 N–H and O–H groups in total. The van der Waals surface area contributed by atoms with Crippen LogP contribution >= 0.6 is 0 Å². The van der Waals surface area contributed by atoms with Crippen LogP contribution in [0.2, 0.25) is 0 Å². The molecule has 36 heavy (non-hydrogen) atoms. The fraction of sp³-hybridized carbons (Fsp3) is 0.200. The number of aromatic nitrogens is 3. The van der Waals surface area contributed by atoms with Crippen molar-refractivity contribution >= 4 is 33.3 Å². The smallest absolute Gasteiger partial charge is 0.144 e. The Morgan fingerprint density at radius 3 is 2.69 bits per heavy atom. The van der Waals surface area contributed by atoms with Crippen LogP contribution in [0.5, 0.6) is 0 Å². The molecule has 0 unspecified atom stereocenters. The minimum absolute atomic E-state index is 0.522. The second kappa shape index (κ2) is 9.46. The molecule has 1 fully saturated rings. The second-order valence-electron chi connectivity index (χ2n) is 9.14. The average Bonchev–Trinajstić information content (AvgIpc) is 3.39. The van der Waals surface area contributed by atoms with Crippen LogP contribution in [0.3, 0.4) is 0 Å². The van der Waals surface area contributed by atoms with Crippen LogP contribution in [-0.2, 0) is 11.3 Å². The highest BCUT2D eigenvalue weighted by atomic mass is 16.5. The van der Waals surface area contributed by atoms with E-state index in [1.807, 2.05) is 30.5 Å². The number of hydrogen-bond acceptors (Lipinski definition) is 5. The molecule has 0 bridgehead atoms. The number of nitrogens with zero attached hydrogens (tertiary/aromatic N) is 3. The van der Waals surface area contributed by atoms with Crippen LogP contribution < -0.4 is 4.90 Å². The third-order valence-corrected chi connectivity index (χ3v) is 6.66. The van der Waals surface area contributed by atoms with Gasteiger partial charge in [0.2, 0.25) is 0 Å². The zero-order valence-electron chi connectivity index (χ0n) is 19.8. The van der Waals surface area contributed by atoms with Crippen LogP contribution in [0.25, 0.3) is 21.8 Å². The number of nitrogens with one attached hydrogen (secondary N) is 1. The van der Waals surface area contributed by atoms with Gasteiger partial charge < -0.3 is 19.7 Å². The van der Waals surface area contributed by atoms with Gasteiger partial charge in [-0.25, -0.2) is 9.97 Å². The number of rotatable bonds is 4. The molecule has 0 atom stereocenters. The summed E-state index contributed by atoms with van der Waals surface area (Å²) >= 11 is 0. The van der Waals surface area contributed by atoms with E-state index in [-0.39, 0.29) is 0 Å². The summed E-state index contributed by atoms with van der Waals surface area (Å²) in [4.78, 5) is 14.7. The third-order valence-electron chi connectivity index (χ3n) is 6.66. The molecule has 2 aromatic heterocycles. The van der Waals surface area contributed by atoms with Gasteiger partial charge in [0.05, 0.1) is 18.7 Å². The summed E-state index contributed by atoms with van der Waals surface area (Å²) in [6, 6.07) is 24.8. The van der Waals surface area contributed by atoms with Crippen molar-refractivity contribution in [3.63, 3.8) is 0 Å². The monoisotopic (exact) mass is 474 g/mol. The normalized spacial score (nSPS) is 14.9. The van der Waals surface area contributed by atoms with Gasteiger partial charge in [0, 0.05) is 53.1 Å². The predicted octanol–water partition coefficient (Wildman–Crippen LogP) is 5.34. The van der Waals surface area contributed by atoms with Gasteiger partial charge in [-0.05, 0) is 48.0 Å². The van der Waals surface area contributed by atoms with E-state index < -0.39 is 5.60 Å². The minimum atomic E-state index is -1.01. The molecule has 3 aromatic carbocycles. The molecular weight excluding hydrogens is 448 g/mol. The number of aromatic amines is 1. The molecule has 0 aliphatic carbocycles. The lowest BCUT2D eigenvalue weighted by Gasteiger charge is -2.26. The zero-order valence-corrected chi connectivity index (χ0v) is 19.8. The van der Waals surface area contributed by atoms with Crippen LogP contribution in [0, 0.1) is 11.8 Å². The van der Waals surface area contributed by atoms with Crippen LogP contribution in [0.4, 0.5) is 11.5 Å². The SMILES string of the molecule is OC1(C#Cc2ccc3ncnc(N(Cc4ccccc4)c4ccc5[nH]ccc5c4)c3c2)CCOCC1. The van der Waals surface area contributed by atoms with E-state index in [9.17, 15) is 5.11 Å². The summed E-state index contributed by atoms with van der Waals surface area (Å²) in [5.74, 6) is 7.09. The molecule has 1 aliphatic rings. The number of H-pyrrole nitrogens is 1. The number of ether oxygens (including phenoxy) is 1. The summed E-state index contributed by atoms with van der Waals surface area (Å²) < 4.78 is 5.38. The Morgan fingerprint density at radius 1 is 0.972 bits per heavy atom. The van der Waals surface area contributed by atoms with Gasteiger partial charge in [-0.15, -0.1) is 0 Å². The summed E-state index contributed by atoms with van der Waals surface area (Å²) in [6.07, 6.45) is 4.61. The first kappa shape index (κ1) is 22.3. The summed E-state index contributed by atoms with van der Waals surface area (Å²) in [5, 5.41) is 12.8. The van der Waals surface area contributed by atoms with Crippen molar-refractivity contribution in [1.82, 2.24) is 15.0 Å². The molecule has 0 radical (unpaired) electrons. The number of anilines is 2. The Kier molecular flexibility index (Phi) is 5.86. The van der Waals surface area contributed by atoms with Crippen LogP contribution in [0.1, 0.15) is 24.0 Å². The second-order valence-corrected chi connectivity index (χ2v) is 9.14. The van der Waals surface area contributed by atoms with Gasteiger partial charge in [0.15, 0.2) is 0 Å². The first-order valence-electron chi connectivity index (χ1n) is 12.1. The van der Waals surface area contributed by atoms with Crippen molar-refractivity contribution < 1.29 is 9.84 Å². The number of fused-ring (bicyclic) bond motifs is 2. The van der Waals surface area contributed by atoms with Crippen molar-refractivity contribution in [2.45, 2.75) is 25.0 Å². The average molecular weight is 475 g/mol. The zero-order chi connectivity index (χ0) is 24.4. The lowest BCUT2D eigenvalue weighted by atomic mass is 9.95. The molecule has 178 valence electrons. The van der Waals surface area contributed by atoms with Crippen LogP contribution in [-0.4, -0.2) is 38.9 Å². The van der Waals surface area contributed by atoms with E-state index in [0.29, 0.717) is 32.6 Å². The van der Waals surface area contributed by atoms with Gasteiger partial charge in [-0.3, -0.25) is 0 Å². The van der Waals surface area contributed by atoms with E-state index >= 15 is 0 Å². The quantitative estimate of drug-likeness (QED) is 0.344. The molecular formula is C30H26N4O2.